The van der Waals surface area contributed by atoms with E-state index < -0.39 is 0 Å². The van der Waals surface area contributed by atoms with Crippen LogP contribution in [0.15, 0.2) is 179 Å². The molecule has 0 aliphatic heterocycles. The highest BCUT2D eigenvalue weighted by Gasteiger charge is 2.35. The highest BCUT2D eigenvalue weighted by atomic mass is 16.3. The Balaban J connectivity index is 1.07. The lowest BCUT2D eigenvalue weighted by Crippen LogP contribution is -2.16. The molecular weight excluding hydrogens is 661 g/mol. The molecule has 2 aromatic heterocycles. The van der Waals surface area contributed by atoms with Crippen LogP contribution in [0, 0.1) is 0 Å². The first-order chi connectivity index (χ1) is 26.5. The van der Waals surface area contributed by atoms with Crippen molar-refractivity contribution in [3.8, 4) is 33.7 Å². The third-order valence-corrected chi connectivity index (χ3v) is 11.3. The fourth-order valence-corrected chi connectivity index (χ4v) is 8.62. The summed E-state index contributed by atoms with van der Waals surface area (Å²) in [6.07, 6.45) is 0. The Morgan fingerprint density at radius 3 is 1.94 bits per heavy atom. The standard InChI is InChI=1S/C50H34N2O2/c1-50(2)43-18-10-8-15-37(43)38-26-24-35(29-44(38)50)52(34-25-27-47-42(28-34)39-16-9-11-19-46(39)53-47)33-22-20-31(21-23-33)41-30-45-48(40-17-7-6-14-36(40)41)54-49(51-45)32-12-4-3-5-13-32/h3-30H,1-2H3. The number of anilines is 3. The molecule has 0 atom stereocenters. The molecule has 54 heavy (non-hydrogen) atoms. The van der Waals surface area contributed by atoms with Crippen molar-refractivity contribution in [2.45, 2.75) is 19.3 Å². The van der Waals surface area contributed by atoms with Gasteiger partial charge in [-0.05, 0) is 105 Å². The lowest BCUT2D eigenvalue weighted by molar-refractivity contribution is 0.623. The van der Waals surface area contributed by atoms with Gasteiger partial charge in [0.1, 0.15) is 16.7 Å². The van der Waals surface area contributed by atoms with Crippen molar-refractivity contribution in [3.05, 3.63) is 181 Å². The molecule has 2 heterocycles. The van der Waals surface area contributed by atoms with Crippen LogP contribution in [-0.2, 0) is 5.41 Å². The van der Waals surface area contributed by atoms with Crippen LogP contribution in [0.5, 0.6) is 0 Å². The Bertz CT molecular complexity index is 3080. The van der Waals surface area contributed by atoms with Gasteiger partial charge in [-0.2, -0.15) is 0 Å². The molecule has 10 aromatic rings. The van der Waals surface area contributed by atoms with Crippen molar-refractivity contribution in [1.29, 1.82) is 0 Å². The summed E-state index contributed by atoms with van der Waals surface area (Å²) < 4.78 is 12.6. The summed E-state index contributed by atoms with van der Waals surface area (Å²) in [6, 6.07) is 60.2. The van der Waals surface area contributed by atoms with Gasteiger partial charge in [-0.15, -0.1) is 0 Å². The predicted octanol–water partition coefficient (Wildman–Crippen LogP) is 14.0. The van der Waals surface area contributed by atoms with Gasteiger partial charge in [0, 0.05) is 44.2 Å². The van der Waals surface area contributed by atoms with Gasteiger partial charge in [0.25, 0.3) is 0 Å². The lowest BCUT2D eigenvalue weighted by Gasteiger charge is -2.28. The molecule has 0 bridgehead atoms. The van der Waals surface area contributed by atoms with E-state index in [1.54, 1.807) is 0 Å². The van der Waals surface area contributed by atoms with Crippen LogP contribution in [0.2, 0.25) is 0 Å². The number of hydrogen-bond donors (Lipinski definition) is 0. The maximum Gasteiger partial charge on any atom is 0.227 e. The molecule has 11 rings (SSSR count). The van der Waals surface area contributed by atoms with Crippen molar-refractivity contribution in [2.24, 2.45) is 0 Å². The van der Waals surface area contributed by atoms with Crippen molar-refractivity contribution < 1.29 is 8.83 Å². The number of oxazole rings is 1. The van der Waals surface area contributed by atoms with Crippen molar-refractivity contribution >= 4 is 60.9 Å². The van der Waals surface area contributed by atoms with E-state index in [-0.39, 0.29) is 5.41 Å². The van der Waals surface area contributed by atoms with E-state index in [9.17, 15) is 0 Å². The molecule has 1 aliphatic carbocycles. The number of hydrogen-bond acceptors (Lipinski definition) is 4. The van der Waals surface area contributed by atoms with Gasteiger partial charge in [0.2, 0.25) is 5.89 Å². The SMILES string of the molecule is CC1(C)c2ccccc2-c2ccc(N(c3ccc(-c4cc5nc(-c6ccccc6)oc5c5ccccc45)cc3)c3ccc4oc5ccccc5c4c3)cc21. The van der Waals surface area contributed by atoms with Crippen LogP contribution in [0.25, 0.3) is 77.5 Å². The molecule has 256 valence electrons. The van der Waals surface area contributed by atoms with Gasteiger partial charge >= 0.3 is 0 Å². The smallest absolute Gasteiger partial charge is 0.227 e. The van der Waals surface area contributed by atoms with Gasteiger partial charge in [0.15, 0.2) is 5.58 Å². The first-order valence-electron chi connectivity index (χ1n) is 18.5. The topological polar surface area (TPSA) is 42.4 Å². The number of para-hydroxylation sites is 1. The van der Waals surface area contributed by atoms with Gasteiger partial charge in [0.05, 0.1) is 0 Å². The minimum atomic E-state index is -0.122. The first kappa shape index (κ1) is 30.7. The van der Waals surface area contributed by atoms with Crippen LogP contribution >= 0.6 is 0 Å². The minimum Gasteiger partial charge on any atom is -0.456 e. The van der Waals surface area contributed by atoms with Crippen LogP contribution < -0.4 is 4.90 Å². The maximum absolute atomic E-state index is 6.40. The summed E-state index contributed by atoms with van der Waals surface area (Å²) in [6.45, 7) is 4.67. The highest BCUT2D eigenvalue weighted by molar-refractivity contribution is 6.11. The quantitative estimate of drug-likeness (QED) is 0.180. The average molecular weight is 695 g/mol. The summed E-state index contributed by atoms with van der Waals surface area (Å²) in [7, 11) is 0. The second kappa shape index (κ2) is 11.5. The van der Waals surface area contributed by atoms with Crippen molar-refractivity contribution in [1.82, 2.24) is 4.98 Å². The fraction of sp³-hybridized carbons (Fsp3) is 0.0600. The summed E-state index contributed by atoms with van der Waals surface area (Å²) in [5, 5.41) is 4.39. The minimum absolute atomic E-state index is 0.122. The Kier molecular flexibility index (Phi) is 6.56. The molecule has 0 unspecified atom stereocenters. The van der Waals surface area contributed by atoms with E-state index >= 15 is 0 Å². The van der Waals surface area contributed by atoms with E-state index in [0.29, 0.717) is 5.89 Å². The number of rotatable bonds is 5. The summed E-state index contributed by atoms with van der Waals surface area (Å²) >= 11 is 0. The maximum atomic E-state index is 6.40. The van der Waals surface area contributed by atoms with Gasteiger partial charge in [-0.25, -0.2) is 4.98 Å². The van der Waals surface area contributed by atoms with Crippen LogP contribution in [0.1, 0.15) is 25.0 Å². The van der Waals surface area contributed by atoms with E-state index in [2.05, 4.69) is 146 Å². The molecule has 0 saturated heterocycles. The van der Waals surface area contributed by atoms with E-state index in [0.717, 1.165) is 77.6 Å². The summed E-state index contributed by atoms with van der Waals surface area (Å²) in [5.74, 6) is 0.627. The Morgan fingerprint density at radius 2 is 1.09 bits per heavy atom. The molecule has 0 saturated carbocycles. The average Bonchev–Trinajstić information content (AvgIpc) is 3.89. The first-order valence-corrected chi connectivity index (χ1v) is 18.5. The molecule has 0 radical (unpaired) electrons. The zero-order chi connectivity index (χ0) is 36.0. The highest BCUT2D eigenvalue weighted by Crippen LogP contribution is 2.51. The molecule has 0 amide bonds. The van der Waals surface area contributed by atoms with E-state index in [4.69, 9.17) is 13.8 Å². The third-order valence-electron chi connectivity index (χ3n) is 11.3. The van der Waals surface area contributed by atoms with E-state index in [1.807, 2.05) is 42.5 Å². The number of benzene rings is 8. The molecule has 4 nitrogen and oxygen atoms in total. The van der Waals surface area contributed by atoms with Gasteiger partial charge < -0.3 is 13.7 Å². The van der Waals surface area contributed by atoms with Crippen LogP contribution in [-0.4, -0.2) is 4.98 Å². The molecule has 0 spiro atoms. The molecule has 8 aromatic carbocycles. The van der Waals surface area contributed by atoms with Crippen molar-refractivity contribution in [2.75, 3.05) is 4.90 Å². The third kappa shape index (κ3) is 4.60. The Morgan fingerprint density at radius 1 is 0.444 bits per heavy atom. The largest absolute Gasteiger partial charge is 0.456 e. The normalized spacial score (nSPS) is 13.1. The lowest BCUT2D eigenvalue weighted by atomic mass is 9.82. The van der Waals surface area contributed by atoms with Gasteiger partial charge in [-0.3, -0.25) is 0 Å². The van der Waals surface area contributed by atoms with Crippen molar-refractivity contribution in [3.63, 3.8) is 0 Å². The Hall–Kier alpha value is -6.91. The second-order valence-electron chi connectivity index (χ2n) is 14.8. The predicted molar refractivity (Wildman–Crippen MR) is 222 cm³/mol. The number of furan rings is 1. The molecule has 4 heteroatoms. The summed E-state index contributed by atoms with van der Waals surface area (Å²) in [4.78, 5) is 7.33. The zero-order valence-electron chi connectivity index (χ0n) is 29.9. The molecule has 0 N–H and O–H groups in total. The van der Waals surface area contributed by atoms with Gasteiger partial charge in [-0.1, -0.05) is 117 Å². The number of aromatic nitrogens is 1. The zero-order valence-corrected chi connectivity index (χ0v) is 29.9. The van der Waals surface area contributed by atoms with Crippen LogP contribution in [0.3, 0.4) is 0 Å². The molecular formula is C50H34N2O2. The second-order valence-corrected chi connectivity index (χ2v) is 14.8. The number of nitrogens with zero attached hydrogens (tertiary/aromatic N) is 2. The monoisotopic (exact) mass is 694 g/mol. The Labute approximate surface area is 312 Å². The summed E-state index contributed by atoms with van der Waals surface area (Å²) in [5.41, 5.74) is 15.1. The fourth-order valence-electron chi connectivity index (χ4n) is 8.62. The number of fused-ring (bicyclic) bond motifs is 9. The molecule has 1 aliphatic rings. The van der Waals surface area contributed by atoms with E-state index in [1.165, 1.54) is 22.3 Å². The van der Waals surface area contributed by atoms with Crippen LogP contribution in [0.4, 0.5) is 17.1 Å². The molecule has 0 fully saturated rings.